The summed E-state index contributed by atoms with van der Waals surface area (Å²) < 4.78 is 1.32. The molecule has 2 N–H and O–H groups in total. The van der Waals surface area contributed by atoms with Gasteiger partial charge in [0.15, 0.2) is 5.54 Å². The highest BCUT2D eigenvalue weighted by molar-refractivity contribution is 8.00. The van der Waals surface area contributed by atoms with Gasteiger partial charge in [-0.15, -0.1) is 11.8 Å². The van der Waals surface area contributed by atoms with Crippen LogP contribution in [0.4, 0.5) is 5.69 Å². The molecule has 6 nitrogen and oxygen atoms in total. The van der Waals surface area contributed by atoms with E-state index in [-0.39, 0.29) is 11.7 Å². The number of thioether (sulfide) groups is 1. The van der Waals surface area contributed by atoms with E-state index in [1.165, 1.54) is 34.4 Å². The number of carboxylic acid groups (broad SMARTS) is 1. The molecule has 0 fully saturated rings. The van der Waals surface area contributed by atoms with Crippen molar-refractivity contribution in [3.05, 3.63) is 42.2 Å². The molecule has 1 heterocycles. The number of rotatable bonds is 7. The molecule has 0 saturated heterocycles. The fraction of sp³-hybridized carbons (Fsp3) is 0.389. The van der Waals surface area contributed by atoms with Crippen LogP contribution < -0.4 is 5.32 Å². The van der Waals surface area contributed by atoms with E-state index in [0.29, 0.717) is 11.6 Å². The molecular weight excluding hydrogens is 338 g/mol. The van der Waals surface area contributed by atoms with Crippen molar-refractivity contribution in [1.82, 2.24) is 9.78 Å². The molecule has 0 saturated carbocycles. The highest BCUT2D eigenvalue weighted by Gasteiger charge is 2.30. The first-order chi connectivity index (χ1) is 11.7. The number of nitrogens with zero attached hydrogens (tertiary/aromatic N) is 2. The van der Waals surface area contributed by atoms with Gasteiger partial charge in [0.05, 0.1) is 17.6 Å². The van der Waals surface area contributed by atoms with E-state index in [0.717, 1.165) is 4.90 Å². The smallest absolute Gasteiger partial charge is 0.331 e. The third kappa shape index (κ3) is 4.85. The Hall–Kier alpha value is -2.28. The summed E-state index contributed by atoms with van der Waals surface area (Å²) in [6, 6.07) is 8.17. The first kappa shape index (κ1) is 19.1. The van der Waals surface area contributed by atoms with Crippen LogP contribution in [0.3, 0.4) is 0 Å². The van der Waals surface area contributed by atoms with Gasteiger partial charge >= 0.3 is 5.97 Å². The molecule has 0 aliphatic rings. The number of hydrogen-bond acceptors (Lipinski definition) is 4. The Kier molecular flexibility index (Phi) is 5.89. The average molecular weight is 361 g/mol. The van der Waals surface area contributed by atoms with Crippen molar-refractivity contribution < 1.29 is 14.7 Å². The molecule has 1 aromatic heterocycles. The first-order valence-electron chi connectivity index (χ1n) is 8.01. The van der Waals surface area contributed by atoms with Gasteiger partial charge in [-0.1, -0.05) is 26.0 Å². The lowest BCUT2D eigenvalue weighted by Crippen LogP contribution is -2.35. The van der Waals surface area contributed by atoms with Crippen LogP contribution in [0, 0.1) is 0 Å². The highest BCUT2D eigenvalue weighted by atomic mass is 32.2. The van der Waals surface area contributed by atoms with Crippen LogP contribution in [0.5, 0.6) is 0 Å². The number of carbonyl (C=O) groups is 2. The molecule has 0 aliphatic carbocycles. The summed E-state index contributed by atoms with van der Waals surface area (Å²) in [6.07, 6.45) is 2.97. The van der Waals surface area contributed by atoms with E-state index in [1.54, 1.807) is 13.8 Å². The van der Waals surface area contributed by atoms with E-state index >= 15 is 0 Å². The fourth-order valence-electron chi connectivity index (χ4n) is 2.09. The Morgan fingerprint density at radius 1 is 1.28 bits per heavy atom. The van der Waals surface area contributed by atoms with Gasteiger partial charge in [-0.25, -0.2) is 4.79 Å². The van der Waals surface area contributed by atoms with Crippen LogP contribution in [-0.4, -0.2) is 32.5 Å². The van der Waals surface area contributed by atoms with Crippen molar-refractivity contribution in [2.24, 2.45) is 0 Å². The van der Waals surface area contributed by atoms with Crippen molar-refractivity contribution in [3.63, 3.8) is 0 Å². The second-order valence-corrected chi connectivity index (χ2v) is 7.65. The predicted molar refractivity (Wildman–Crippen MR) is 99.1 cm³/mol. The molecule has 0 radical (unpaired) electrons. The monoisotopic (exact) mass is 361 g/mol. The van der Waals surface area contributed by atoms with Crippen molar-refractivity contribution in [1.29, 1.82) is 0 Å². The summed E-state index contributed by atoms with van der Waals surface area (Å²) in [6.45, 7) is 7.37. The van der Waals surface area contributed by atoms with Gasteiger partial charge < -0.3 is 10.4 Å². The number of benzene rings is 1. The predicted octanol–water partition coefficient (Wildman–Crippen LogP) is 3.56. The zero-order valence-corrected chi connectivity index (χ0v) is 15.6. The summed E-state index contributed by atoms with van der Waals surface area (Å²) in [4.78, 5) is 24.3. The minimum Gasteiger partial charge on any atom is -0.479 e. The summed E-state index contributed by atoms with van der Waals surface area (Å²) in [5.41, 5.74) is 0.577. The quantitative estimate of drug-likeness (QED) is 0.737. The Morgan fingerprint density at radius 2 is 1.92 bits per heavy atom. The molecular formula is C18H23N3O3S. The third-order valence-corrected chi connectivity index (χ3v) is 4.89. The number of anilines is 1. The Labute approximate surface area is 151 Å². The summed E-state index contributed by atoms with van der Waals surface area (Å²) >= 11 is 1.45. The maximum atomic E-state index is 12.1. The first-order valence-corrected chi connectivity index (χ1v) is 9.00. The van der Waals surface area contributed by atoms with E-state index in [2.05, 4.69) is 36.4 Å². The molecule has 134 valence electrons. The molecule has 2 aromatic rings. The van der Waals surface area contributed by atoms with Crippen LogP contribution in [0.2, 0.25) is 0 Å². The van der Waals surface area contributed by atoms with E-state index in [1.807, 2.05) is 12.1 Å². The van der Waals surface area contributed by atoms with Gasteiger partial charge in [0, 0.05) is 11.1 Å². The van der Waals surface area contributed by atoms with E-state index in [4.69, 9.17) is 0 Å². The zero-order chi connectivity index (χ0) is 18.6. The largest absolute Gasteiger partial charge is 0.479 e. The van der Waals surface area contributed by atoms with Crippen LogP contribution in [-0.2, 0) is 15.1 Å². The molecule has 0 aliphatic heterocycles. The average Bonchev–Trinajstić information content (AvgIpc) is 3.02. The number of aliphatic carboxylic acids is 1. The van der Waals surface area contributed by atoms with Gasteiger partial charge in [-0.3, -0.25) is 9.48 Å². The lowest BCUT2D eigenvalue weighted by Gasteiger charge is -2.19. The molecule has 0 atom stereocenters. The number of carbonyl (C=O) groups excluding carboxylic acids is 1. The summed E-state index contributed by atoms with van der Waals surface area (Å²) in [7, 11) is 0. The molecule has 1 amide bonds. The maximum Gasteiger partial charge on any atom is 0.331 e. The minimum atomic E-state index is -1.17. The lowest BCUT2D eigenvalue weighted by atomic mass is 10.0. The zero-order valence-electron chi connectivity index (χ0n) is 14.8. The number of nitrogens with one attached hydrogen (secondary N) is 1. The number of amides is 1. The van der Waals surface area contributed by atoms with Gasteiger partial charge in [-0.2, -0.15) is 5.10 Å². The van der Waals surface area contributed by atoms with Crippen LogP contribution in [0.15, 0.2) is 41.6 Å². The molecule has 0 bridgehead atoms. The lowest BCUT2D eigenvalue weighted by molar-refractivity contribution is -0.146. The molecule has 1 aromatic carbocycles. The Morgan fingerprint density at radius 3 is 2.48 bits per heavy atom. The molecule has 0 unspecified atom stereocenters. The molecule has 7 heteroatoms. The standard InChI is InChI=1S/C18H23N3O3S/c1-12(2)13-5-7-15(8-6-13)25-11-16(22)20-14-9-19-21(10-14)18(3,4)17(23)24/h5-10,12H,11H2,1-4H3,(H,20,22)(H,23,24). The second-order valence-electron chi connectivity index (χ2n) is 6.60. The topological polar surface area (TPSA) is 84.2 Å². The summed E-state index contributed by atoms with van der Waals surface area (Å²) in [5.74, 6) is -0.400. The molecule has 0 spiro atoms. The van der Waals surface area contributed by atoms with Gasteiger partial charge in [-0.05, 0) is 37.5 Å². The Balaban J connectivity index is 1.90. The van der Waals surface area contributed by atoms with Crippen molar-refractivity contribution in [2.75, 3.05) is 11.1 Å². The maximum absolute atomic E-state index is 12.1. The Bertz CT molecular complexity index is 751. The highest BCUT2D eigenvalue weighted by Crippen LogP contribution is 2.22. The molecule has 25 heavy (non-hydrogen) atoms. The number of hydrogen-bond donors (Lipinski definition) is 2. The SMILES string of the molecule is CC(C)c1ccc(SCC(=O)Nc2cnn(C(C)(C)C(=O)O)c2)cc1. The normalized spacial score (nSPS) is 11.6. The van der Waals surface area contributed by atoms with Crippen molar-refractivity contribution in [2.45, 2.75) is 44.0 Å². The molecule has 2 rings (SSSR count). The van der Waals surface area contributed by atoms with E-state index in [9.17, 15) is 14.7 Å². The number of aromatic nitrogens is 2. The fourth-order valence-corrected chi connectivity index (χ4v) is 2.78. The van der Waals surface area contributed by atoms with Gasteiger partial charge in [0.25, 0.3) is 0 Å². The van der Waals surface area contributed by atoms with Gasteiger partial charge in [0.1, 0.15) is 0 Å². The second kappa shape index (κ2) is 7.74. The van der Waals surface area contributed by atoms with Crippen LogP contribution in [0.1, 0.15) is 39.2 Å². The van der Waals surface area contributed by atoms with Crippen LogP contribution >= 0.6 is 11.8 Å². The van der Waals surface area contributed by atoms with Gasteiger partial charge in [0.2, 0.25) is 5.91 Å². The van der Waals surface area contributed by atoms with Crippen molar-refractivity contribution >= 4 is 29.3 Å². The summed E-state index contributed by atoms with van der Waals surface area (Å²) in [5, 5.41) is 16.0. The number of carboxylic acids is 1. The van der Waals surface area contributed by atoms with Crippen molar-refractivity contribution in [3.8, 4) is 0 Å². The third-order valence-electron chi connectivity index (χ3n) is 3.88. The van der Waals surface area contributed by atoms with E-state index < -0.39 is 11.5 Å². The minimum absolute atomic E-state index is 0.161. The van der Waals surface area contributed by atoms with Crippen LogP contribution in [0.25, 0.3) is 0 Å².